The van der Waals surface area contributed by atoms with E-state index < -0.39 is 5.91 Å². The Morgan fingerprint density at radius 3 is 2.50 bits per heavy atom. The van der Waals surface area contributed by atoms with Crippen LogP contribution in [0.4, 0.5) is 0 Å². The summed E-state index contributed by atoms with van der Waals surface area (Å²) in [6.07, 6.45) is 0. The molecule has 2 heterocycles. The Bertz CT molecular complexity index is 917. The highest BCUT2D eigenvalue weighted by Gasteiger charge is 2.19. The monoisotopic (exact) mass is 358 g/mol. The largest absolute Gasteiger partial charge is 0.496 e. The average Bonchev–Trinajstić information content (AvgIpc) is 2.63. The fourth-order valence-electron chi connectivity index (χ4n) is 2.96. The number of hydrogen-bond donors (Lipinski definition) is 1. The Morgan fingerprint density at radius 1 is 1.19 bits per heavy atom. The summed E-state index contributed by atoms with van der Waals surface area (Å²) in [4.78, 5) is 25.0. The lowest BCUT2D eigenvalue weighted by Crippen LogP contribution is -2.34. The van der Waals surface area contributed by atoms with Crippen molar-refractivity contribution in [2.75, 3.05) is 20.3 Å². The molecule has 0 bridgehead atoms. The van der Waals surface area contributed by atoms with Crippen molar-refractivity contribution >= 4 is 5.91 Å². The van der Waals surface area contributed by atoms with Gasteiger partial charge >= 0.3 is 0 Å². The van der Waals surface area contributed by atoms with Crippen LogP contribution in [0.2, 0.25) is 0 Å². The predicted octanol–water partition coefficient (Wildman–Crippen LogP) is 1.71. The number of nitrogens with one attached hydrogen (secondary N) is 1. The minimum absolute atomic E-state index is 0.148. The zero-order chi connectivity index (χ0) is 18.8. The van der Waals surface area contributed by atoms with Gasteiger partial charge in [-0.05, 0) is 31.5 Å². The summed E-state index contributed by atoms with van der Waals surface area (Å²) in [5, 5.41) is 2.80. The van der Waals surface area contributed by atoms with E-state index in [0.717, 1.165) is 11.3 Å². The highest BCUT2D eigenvalue weighted by molar-refractivity contribution is 5.95. The second-order valence-corrected chi connectivity index (χ2v) is 6.20. The van der Waals surface area contributed by atoms with Crippen LogP contribution in [0.25, 0.3) is 0 Å². The van der Waals surface area contributed by atoms with Crippen LogP contribution in [0.15, 0.2) is 23.0 Å². The van der Waals surface area contributed by atoms with Crippen LogP contribution in [0.3, 0.4) is 0 Å². The smallest absolute Gasteiger partial charge is 0.263 e. The minimum Gasteiger partial charge on any atom is -0.496 e. The maximum absolute atomic E-state index is 12.6. The van der Waals surface area contributed by atoms with Crippen LogP contribution in [-0.4, -0.2) is 30.8 Å². The zero-order valence-corrected chi connectivity index (χ0v) is 15.3. The molecule has 2 aromatic rings. The first kappa shape index (κ1) is 17.8. The summed E-state index contributed by atoms with van der Waals surface area (Å²) in [7, 11) is 3.20. The van der Waals surface area contributed by atoms with E-state index in [0.29, 0.717) is 36.0 Å². The molecule has 0 fully saturated rings. The molecule has 1 aliphatic rings. The number of amides is 1. The molecular formula is C19H22N2O5. The molecule has 0 radical (unpaired) electrons. The number of methoxy groups -OCH3 is 1. The first-order valence-corrected chi connectivity index (χ1v) is 8.34. The van der Waals surface area contributed by atoms with E-state index in [1.54, 1.807) is 33.2 Å². The third kappa shape index (κ3) is 3.24. The number of rotatable bonds is 4. The molecule has 1 N–H and O–H groups in total. The standard InChI is InChI=1S/C19H22N2O5/c1-11-7-12(2)21(3)19(23)17(11)18(22)20-10-13-8-15-16(9-14(13)24-4)26-6-5-25-15/h7-9H,5-6,10H2,1-4H3,(H,20,22). The number of aromatic nitrogens is 1. The topological polar surface area (TPSA) is 78.8 Å². The minimum atomic E-state index is -0.417. The first-order chi connectivity index (χ1) is 12.4. The van der Waals surface area contributed by atoms with E-state index >= 15 is 0 Å². The molecule has 1 amide bonds. The van der Waals surface area contributed by atoms with E-state index in [9.17, 15) is 9.59 Å². The summed E-state index contributed by atoms with van der Waals surface area (Å²) in [6.45, 7) is 4.76. The van der Waals surface area contributed by atoms with E-state index in [-0.39, 0.29) is 17.7 Å². The quantitative estimate of drug-likeness (QED) is 0.900. The molecule has 0 aliphatic carbocycles. The molecular weight excluding hydrogens is 336 g/mol. The number of carbonyl (C=O) groups excluding carboxylic acids is 1. The normalized spacial score (nSPS) is 12.6. The molecule has 1 aromatic heterocycles. The fourth-order valence-corrected chi connectivity index (χ4v) is 2.96. The zero-order valence-electron chi connectivity index (χ0n) is 15.3. The molecule has 0 unspecified atom stereocenters. The van der Waals surface area contributed by atoms with Crippen LogP contribution in [0.5, 0.6) is 17.2 Å². The van der Waals surface area contributed by atoms with Gasteiger partial charge in [-0.2, -0.15) is 0 Å². The highest BCUT2D eigenvalue weighted by atomic mass is 16.6. The third-order valence-corrected chi connectivity index (χ3v) is 4.48. The molecule has 7 heteroatoms. The summed E-state index contributed by atoms with van der Waals surface area (Å²) < 4.78 is 18.0. The van der Waals surface area contributed by atoms with Gasteiger partial charge in [0.1, 0.15) is 24.5 Å². The van der Waals surface area contributed by atoms with Crippen molar-refractivity contribution in [3.05, 3.63) is 50.9 Å². The van der Waals surface area contributed by atoms with E-state index in [2.05, 4.69) is 5.32 Å². The van der Waals surface area contributed by atoms with Crippen LogP contribution in [-0.2, 0) is 13.6 Å². The summed E-state index contributed by atoms with van der Waals surface area (Å²) >= 11 is 0. The number of carbonyl (C=O) groups is 1. The average molecular weight is 358 g/mol. The molecule has 0 atom stereocenters. The number of fused-ring (bicyclic) bond motifs is 1. The molecule has 1 aromatic carbocycles. The fraction of sp³-hybridized carbons (Fsp3) is 0.368. The molecule has 0 saturated heterocycles. The van der Waals surface area contributed by atoms with Gasteiger partial charge in [-0.1, -0.05) is 0 Å². The van der Waals surface area contributed by atoms with E-state index in [4.69, 9.17) is 14.2 Å². The van der Waals surface area contributed by atoms with Crippen LogP contribution in [0, 0.1) is 13.8 Å². The second kappa shape index (κ2) is 7.11. The number of nitrogens with zero attached hydrogens (tertiary/aromatic N) is 1. The van der Waals surface area contributed by atoms with Crippen molar-refractivity contribution in [3.8, 4) is 17.2 Å². The number of ether oxygens (including phenoxy) is 3. The summed E-state index contributed by atoms with van der Waals surface area (Å²) in [6, 6.07) is 5.35. The van der Waals surface area contributed by atoms with Crippen molar-refractivity contribution in [3.63, 3.8) is 0 Å². The highest BCUT2D eigenvalue weighted by Crippen LogP contribution is 2.36. The Hall–Kier alpha value is -2.96. The lowest BCUT2D eigenvalue weighted by molar-refractivity contribution is 0.0948. The molecule has 1 aliphatic heterocycles. The lowest BCUT2D eigenvalue weighted by Gasteiger charge is -2.21. The first-order valence-electron chi connectivity index (χ1n) is 8.34. The SMILES string of the molecule is COc1cc2c(cc1CNC(=O)c1c(C)cc(C)n(C)c1=O)OCCO2. The van der Waals surface area contributed by atoms with Gasteiger partial charge in [0.2, 0.25) is 0 Å². The van der Waals surface area contributed by atoms with E-state index in [1.165, 1.54) is 4.57 Å². The lowest BCUT2D eigenvalue weighted by atomic mass is 10.1. The third-order valence-electron chi connectivity index (χ3n) is 4.48. The van der Waals surface area contributed by atoms with Gasteiger partial charge in [0.25, 0.3) is 11.5 Å². The molecule has 7 nitrogen and oxygen atoms in total. The van der Waals surface area contributed by atoms with Crippen molar-refractivity contribution < 1.29 is 19.0 Å². The number of hydrogen-bond acceptors (Lipinski definition) is 5. The predicted molar refractivity (Wildman–Crippen MR) is 96.3 cm³/mol. The number of pyridine rings is 1. The van der Waals surface area contributed by atoms with Gasteiger partial charge in [-0.25, -0.2) is 0 Å². The van der Waals surface area contributed by atoms with Crippen molar-refractivity contribution in [1.29, 1.82) is 0 Å². The molecule has 0 saturated carbocycles. The van der Waals surface area contributed by atoms with Crippen molar-refractivity contribution in [2.24, 2.45) is 7.05 Å². The summed E-state index contributed by atoms with van der Waals surface area (Å²) in [5.74, 6) is 1.40. The summed E-state index contributed by atoms with van der Waals surface area (Å²) in [5.41, 5.74) is 2.03. The van der Waals surface area contributed by atoms with Gasteiger partial charge in [-0.15, -0.1) is 0 Å². The van der Waals surface area contributed by atoms with Gasteiger partial charge in [-0.3, -0.25) is 9.59 Å². The maximum atomic E-state index is 12.6. The number of aryl methyl sites for hydroxylation is 2. The van der Waals surface area contributed by atoms with Crippen molar-refractivity contribution in [1.82, 2.24) is 9.88 Å². The van der Waals surface area contributed by atoms with Gasteiger partial charge in [0, 0.05) is 30.9 Å². The van der Waals surface area contributed by atoms with Crippen molar-refractivity contribution in [2.45, 2.75) is 20.4 Å². The molecule has 26 heavy (non-hydrogen) atoms. The molecule has 138 valence electrons. The van der Waals surface area contributed by atoms with E-state index in [1.807, 2.05) is 13.0 Å². The second-order valence-electron chi connectivity index (χ2n) is 6.20. The van der Waals surface area contributed by atoms with Crippen LogP contribution >= 0.6 is 0 Å². The molecule has 0 spiro atoms. The molecule has 3 rings (SSSR count). The van der Waals surface area contributed by atoms with Crippen LogP contribution < -0.4 is 25.1 Å². The Morgan fingerprint density at radius 2 is 1.85 bits per heavy atom. The van der Waals surface area contributed by atoms with Crippen LogP contribution in [0.1, 0.15) is 27.2 Å². The Kier molecular flexibility index (Phi) is 4.88. The number of benzene rings is 1. The Balaban J connectivity index is 1.85. The maximum Gasteiger partial charge on any atom is 0.263 e. The Labute approximate surface area is 151 Å². The van der Waals surface area contributed by atoms with Gasteiger partial charge in [0.15, 0.2) is 11.5 Å². The van der Waals surface area contributed by atoms with Gasteiger partial charge in [0.05, 0.1) is 7.11 Å². The van der Waals surface area contributed by atoms with Gasteiger partial charge < -0.3 is 24.1 Å².